The predicted octanol–water partition coefficient (Wildman–Crippen LogP) is 1.98. The average Bonchev–Trinajstić information content (AvgIpc) is 2.96. The zero-order valence-corrected chi connectivity index (χ0v) is 12.9. The summed E-state index contributed by atoms with van der Waals surface area (Å²) in [6.07, 6.45) is 3.52. The van der Waals surface area contributed by atoms with Crippen LogP contribution < -0.4 is 10.5 Å². The first kappa shape index (κ1) is 14.8. The molecule has 0 aromatic heterocycles. The molecule has 1 fully saturated rings. The molecule has 0 amide bonds. The highest BCUT2D eigenvalue weighted by Gasteiger charge is 2.27. The van der Waals surface area contributed by atoms with Crippen LogP contribution in [0, 0.1) is 5.92 Å². The first-order valence-electron chi connectivity index (χ1n) is 8.00. The summed E-state index contributed by atoms with van der Waals surface area (Å²) in [4.78, 5) is 2.53. The SMILES string of the molecule is COCC1CCCN(C(CN)c2ccc3c(c2)CCO3)C1. The highest BCUT2D eigenvalue weighted by atomic mass is 16.5. The summed E-state index contributed by atoms with van der Waals surface area (Å²) in [6, 6.07) is 6.90. The fourth-order valence-electron chi connectivity index (χ4n) is 3.66. The fourth-order valence-corrected chi connectivity index (χ4v) is 3.66. The monoisotopic (exact) mass is 290 g/mol. The van der Waals surface area contributed by atoms with Gasteiger partial charge in [0.1, 0.15) is 5.75 Å². The number of hydrogen-bond acceptors (Lipinski definition) is 4. The van der Waals surface area contributed by atoms with Crippen LogP contribution in [0.3, 0.4) is 0 Å². The minimum Gasteiger partial charge on any atom is -0.493 e. The summed E-state index contributed by atoms with van der Waals surface area (Å²) < 4.78 is 10.9. The van der Waals surface area contributed by atoms with Crippen molar-refractivity contribution in [2.45, 2.75) is 25.3 Å². The smallest absolute Gasteiger partial charge is 0.122 e. The van der Waals surface area contributed by atoms with Gasteiger partial charge in [0.15, 0.2) is 0 Å². The van der Waals surface area contributed by atoms with Crippen LogP contribution in [0.15, 0.2) is 18.2 Å². The molecular formula is C17H26N2O2. The fraction of sp³-hybridized carbons (Fsp3) is 0.647. The molecule has 0 spiro atoms. The Morgan fingerprint density at radius 2 is 2.38 bits per heavy atom. The third-order valence-electron chi connectivity index (χ3n) is 4.72. The maximum atomic E-state index is 6.10. The Morgan fingerprint density at radius 3 is 3.19 bits per heavy atom. The van der Waals surface area contributed by atoms with Gasteiger partial charge in [-0.25, -0.2) is 0 Å². The van der Waals surface area contributed by atoms with Crippen molar-refractivity contribution in [1.82, 2.24) is 4.90 Å². The summed E-state index contributed by atoms with van der Waals surface area (Å²) in [5.74, 6) is 1.68. The number of nitrogens with two attached hydrogens (primary N) is 1. The molecule has 0 radical (unpaired) electrons. The molecule has 1 aromatic rings. The standard InChI is InChI=1S/C17H26N2O2/c1-20-12-13-3-2-7-19(11-13)16(10-18)14-4-5-17-15(9-14)6-8-21-17/h4-5,9,13,16H,2-3,6-8,10-12,18H2,1H3. The Kier molecular flexibility index (Phi) is 4.78. The number of piperidine rings is 1. The molecule has 2 unspecified atom stereocenters. The summed E-state index contributed by atoms with van der Waals surface area (Å²) in [6.45, 7) is 4.55. The summed E-state index contributed by atoms with van der Waals surface area (Å²) in [5.41, 5.74) is 8.76. The van der Waals surface area contributed by atoms with Crippen molar-refractivity contribution in [3.05, 3.63) is 29.3 Å². The number of methoxy groups -OCH3 is 1. The number of ether oxygens (including phenoxy) is 2. The number of benzene rings is 1. The second-order valence-corrected chi connectivity index (χ2v) is 6.18. The van der Waals surface area contributed by atoms with Crippen LogP contribution in [0.1, 0.15) is 30.0 Å². The molecule has 2 aliphatic heterocycles. The van der Waals surface area contributed by atoms with E-state index in [0.29, 0.717) is 18.5 Å². The minimum atomic E-state index is 0.315. The second kappa shape index (κ2) is 6.77. The van der Waals surface area contributed by atoms with Gasteiger partial charge in [-0.3, -0.25) is 4.90 Å². The van der Waals surface area contributed by atoms with E-state index in [1.165, 1.54) is 24.0 Å². The molecule has 2 heterocycles. The lowest BCUT2D eigenvalue weighted by Gasteiger charge is -2.38. The maximum absolute atomic E-state index is 6.10. The number of fused-ring (bicyclic) bond motifs is 1. The van der Waals surface area contributed by atoms with Crippen LogP contribution in [-0.2, 0) is 11.2 Å². The molecule has 2 atom stereocenters. The first-order valence-corrected chi connectivity index (χ1v) is 8.00. The molecule has 1 aromatic carbocycles. The van der Waals surface area contributed by atoms with Gasteiger partial charge in [-0.2, -0.15) is 0 Å². The molecule has 4 nitrogen and oxygen atoms in total. The lowest BCUT2D eigenvalue weighted by molar-refractivity contribution is 0.0697. The Balaban J connectivity index is 1.75. The lowest BCUT2D eigenvalue weighted by Crippen LogP contribution is -2.42. The van der Waals surface area contributed by atoms with Crippen molar-refractivity contribution < 1.29 is 9.47 Å². The zero-order chi connectivity index (χ0) is 14.7. The van der Waals surface area contributed by atoms with Crippen LogP contribution >= 0.6 is 0 Å². The van der Waals surface area contributed by atoms with Crippen LogP contribution in [-0.4, -0.2) is 44.9 Å². The van der Waals surface area contributed by atoms with Gasteiger partial charge in [-0.15, -0.1) is 0 Å². The summed E-state index contributed by atoms with van der Waals surface area (Å²) in [5, 5.41) is 0. The molecule has 2 aliphatic rings. The van der Waals surface area contributed by atoms with Gasteiger partial charge < -0.3 is 15.2 Å². The van der Waals surface area contributed by atoms with Gasteiger partial charge in [0.2, 0.25) is 0 Å². The van der Waals surface area contributed by atoms with Crippen LogP contribution in [0.4, 0.5) is 0 Å². The van der Waals surface area contributed by atoms with E-state index in [1.807, 2.05) is 0 Å². The second-order valence-electron chi connectivity index (χ2n) is 6.18. The van der Waals surface area contributed by atoms with E-state index in [4.69, 9.17) is 15.2 Å². The van der Waals surface area contributed by atoms with Gasteiger partial charge in [-0.1, -0.05) is 12.1 Å². The van der Waals surface area contributed by atoms with E-state index in [2.05, 4.69) is 23.1 Å². The highest BCUT2D eigenvalue weighted by molar-refractivity contribution is 5.41. The molecule has 21 heavy (non-hydrogen) atoms. The van der Waals surface area contributed by atoms with Crippen LogP contribution in [0.5, 0.6) is 5.75 Å². The summed E-state index contributed by atoms with van der Waals surface area (Å²) >= 11 is 0. The van der Waals surface area contributed by atoms with Gasteiger partial charge in [0, 0.05) is 32.7 Å². The van der Waals surface area contributed by atoms with Crippen LogP contribution in [0.25, 0.3) is 0 Å². The molecule has 0 bridgehead atoms. The van der Waals surface area contributed by atoms with Crippen molar-refractivity contribution in [2.24, 2.45) is 11.7 Å². The largest absolute Gasteiger partial charge is 0.493 e. The number of likely N-dealkylation sites (tertiary alicyclic amines) is 1. The van der Waals surface area contributed by atoms with E-state index in [-0.39, 0.29) is 0 Å². The molecule has 3 rings (SSSR count). The number of nitrogens with zero attached hydrogens (tertiary/aromatic N) is 1. The lowest BCUT2D eigenvalue weighted by atomic mass is 9.94. The Hall–Kier alpha value is -1.10. The molecule has 4 heteroatoms. The van der Waals surface area contributed by atoms with Gasteiger partial charge in [0.05, 0.1) is 13.2 Å². The molecule has 1 saturated heterocycles. The maximum Gasteiger partial charge on any atom is 0.122 e. The van der Waals surface area contributed by atoms with Crippen molar-refractivity contribution in [1.29, 1.82) is 0 Å². The number of rotatable bonds is 5. The molecule has 0 saturated carbocycles. The summed E-state index contributed by atoms with van der Waals surface area (Å²) in [7, 11) is 1.79. The van der Waals surface area contributed by atoms with E-state index >= 15 is 0 Å². The van der Waals surface area contributed by atoms with E-state index < -0.39 is 0 Å². The third kappa shape index (κ3) is 3.23. The van der Waals surface area contributed by atoms with E-state index in [9.17, 15) is 0 Å². The minimum absolute atomic E-state index is 0.315. The quantitative estimate of drug-likeness (QED) is 0.901. The molecule has 2 N–H and O–H groups in total. The van der Waals surface area contributed by atoms with Crippen molar-refractivity contribution in [2.75, 3.05) is 40.0 Å². The zero-order valence-electron chi connectivity index (χ0n) is 12.9. The first-order chi connectivity index (χ1) is 10.3. The van der Waals surface area contributed by atoms with E-state index in [0.717, 1.165) is 38.5 Å². The normalized spacial score (nSPS) is 23.6. The van der Waals surface area contributed by atoms with E-state index in [1.54, 1.807) is 7.11 Å². The Labute approximate surface area is 127 Å². The highest BCUT2D eigenvalue weighted by Crippen LogP contribution is 2.31. The van der Waals surface area contributed by atoms with Crippen molar-refractivity contribution in [3.8, 4) is 5.75 Å². The van der Waals surface area contributed by atoms with Gasteiger partial charge in [0.25, 0.3) is 0 Å². The van der Waals surface area contributed by atoms with Crippen LogP contribution in [0.2, 0.25) is 0 Å². The van der Waals surface area contributed by atoms with Gasteiger partial charge >= 0.3 is 0 Å². The van der Waals surface area contributed by atoms with Crippen molar-refractivity contribution >= 4 is 0 Å². The topological polar surface area (TPSA) is 47.7 Å². The van der Waals surface area contributed by atoms with Gasteiger partial charge in [-0.05, 0) is 42.5 Å². The van der Waals surface area contributed by atoms with Crippen molar-refractivity contribution in [3.63, 3.8) is 0 Å². The third-order valence-corrected chi connectivity index (χ3v) is 4.72. The molecule has 0 aliphatic carbocycles. The molecular weight excluding hydrogens is 264 g/mol. The molecule has 116 valence electrons. The Morgan fingerprint density at radius 1 is 1.48 bits per heavy atom. The average molecular weight is 290 g/mol. The number of hydrogen-bond donors (Lipinski definition) is 1. The Bertz CT molecular complexity index is 476. The predicted molar refractivity (Wildman–Crippen MR) is 83.6 cm³/mol.